The van der Waals surface area contributed by atoms with Crippen LogP contribution in [-0.2, 0) is 11.8 Å². The van der Waals surface area contributed by atoms with Gasteiger partial charge in [-0.25, -0.2) is 9.13 Å². The number of amides is 1. The lowest BCUT2D eigenvalue weighted by Gasteiger charge is -2.47. The van der Waals surface area contributed by atoms with E-state index in [-0.39, 0.29) is 5.91 Å². The summed E-state index contributed by atoms with van der Waals surface area (Å²) in [6, 6.07) is 10.4. The molecule has 2 aromatic rings. The van der Waals surface area contributed by atoms with Crippen LogP contribution >= 0.6 is 0 Å². The molecule has 2 N–H and O–H groups in total. The molecule has 1 aromatic carbocycles. The number of hydrogen-bond donors (Lipinski definition) is 2. The molecule has 7 unspecified atom stereocenters. The summed E-state index contributed by atoms with van der Waals surface area (Å²) in [5, 5.41) is 6.84. The molecule has 0 bridgehead atoms. The molecule has 1 saturated carbocycles. The number of aromatic nitrogens is 2. The van der Waals surface area contributed by atoms with E-state index in [1.165, 1.54) is 23.9 Å². The molecule has 1 aromatic heterocycles. The highest BCUT2D eigenvalue weighted by Crippen LogP contribution is 2.45. The number of nitrogens with one attached hydrogen (secondary N) is 2. The van der Waals surface area contributed by atoms with Crippen LogP contribution in [0.4, 0.5) is 0 Å². The van der Waals surface area contributed by atoms with Gasteiger partial charge in [0.1, 0.15) is 11.6 Å². The van der Waals surface area contributed by atoms with Gasteiger partial charge in [0.05, 0.1) is 7.05 Å². The molecule has 3 aliphatic rings. The maximum atomic E-state index is 13.5. The van der Waals surface area contributed by atoms with Crippen molar-refractivity contribution >= 4 is 22.5 Å². The zero-order valence-corrected chi connectivity index (χ0v) is 22.4. The van der Waals surface area contributed by atoms with Crippen molar-refractivity contribution in [3.8, 4) is 0 Å². The number of carbonyl (C=O) groups excluding carboxylic acids is 1. The fourth-order valence-corrected chi connectivity index (χ4v) is 7.18. The van der Waals surface area contributed by atoms with E-state index in [0.717, 1.165) is 30.9 Å². The zero-order chi connectivity index (χ0) is 24.9. The summed E-state index contributed by atoms with van der Waals surface area (Å²) in [7, 11) is 2.12. The van der Waals surface area contributed by atoms with Crippen LogP contribution < -0.4 is 15.2 Å². The Bertz CT molecular complexity index is 1110. The van der Waals surface area contributed by atoms with Crippen molar-refractivity contribution in [2.24, 2.45) is 24.8 Å². The number of imidazole rings is 1. The molecule has 0 radical (unpaired) electrons. The summed E-state index contributed by atoms with van der Waals surface area (Å²) < 4.78 is 4.77. The van der Waals surface area contributed by atoms with Gasteiger partial charge in [0.15, 0.2) is 11.0 Å². The van der Waals surface area contributed by atoms with E-state index in [4.69, 9.17) is 0 Å². The maximum Gasteiger partial charge on any atom is 0.295 e. The lowest BCUT2D eigenvalue weighted by molar-refractivity contribution is -0.648. The number of likely N-dealkylation sites (N-methyl/N-ethyl adjacent to an activating group) is 1. The van der Waals surface area contributed by atoms with Gasteiger partial charge in [0.2, 0.25) is 0 Å². The largest absolute Gasteiger partial charge is 0.352 e. The Hall–Kier alpha value is -2.18. The summed E-state index contributed by atoms with van der Waals surface area (Å²) in [4.78, 5) is 16.2. The molecule has 2 aliphatic heterocycles. The number of benzene rings is 1. The van der Waals surface area contributed by atoms with Crippen molar-refractivity contribution in [1.82, 2.24) is 20.1 Å². The van der Waals surface area contributed by atoms with Crippen molar-refractivity contribution in [1.29, 1.82) is 0 Å². The molecule has 7 atom stereocenters. The number of hydrogen-bond acceptors (Lipinski definition) is 3. The van der Waals surface area contributed by atoms with E-state index >= 15 is 0 Å². The van der Waals surface area contributed by atoms with E-state index in [0.29, 0.717) is 48.5 Å². The van der Waals surface area contributed by atoms with Crippen molar-refractivity contribution in [2.45, 2.75) is 78.0 Å². The fraction of sp³-hybridized carbons (Fsp3) is 0.655. The molecular weight excluding hydrogens is 434 g/mol. The van der Waals surface area contributed by atoms with E-state index in [2.05, 4.69) is 89.8 Å². The molecule has 0 spiro atoms. The second-order valence-electron chi connectivity index (χ2n) is 11.6. The predicted molar refractivity (Wildman–Crippen MR) is 142 cm³/mol. The Morgan fingerprint density at radius 3 is 2.49 bits per heavy atom. The average Bonchev–Trinajstić information content (AvgIpc) is 3.12. The number of fused-ring (bicyclic) bond motifs is 5. The number of para-hydroxylation sites is 2. The Morgan fingerprint density at radius 2 is 1.77 bits per heavy atom. The van der Waals surface area contributed by atoms with Gasteiger partial charge >= 0.3 is 0 Å². The molecule has 1 aliphatic carbocycles. The Kier molecular flexibility index (Phi) is 6.79. The minimum absolute atomic E-state index is 0.0508. The Morgan fingerprint density at radius 1 is 1.06 bits per heavy atom. The lowest BCUT2D eigenvalue weighted by atomic mass is 9.72. The number of nitrogens with zero attached hydrogens (tertiary/aromatic N) is 3. The smallest absolute Gasteiger partial charge is 0.295 e. The van der Waals surface area contributed by atoms with Crippen LogP contribution in [0, 0.1) is 17.8 Å². The standard InChI is InChI=1S/C29H43N5O/c1-7-30-28(35)23-15-22-24(34-26-11-9-8-10-25(26)32(6)29(23)34)13-12-18(2)19(3)14-27(22)33-16-20(4)31-21(5)17-33/h8-11,15,18-22,24,27,31H,7,12-14,16-17H2,1-6H3/p+1. The van der Waals surface area contributed by atoms with Crippen LogP contribution in [0.2, 0.25) is 0 Å². The van der Waals surface area contributed by atoms with E-state index in [1.807, 2.05) is 6.92 Å². The van der Waals surface area contributed by atoms with Crippen LogP contribution in [0.25, 0.3) is 16.6 Å². The van der Waals surface area contributed by atoms with Crippen molar-refractivity contribution in [2.75, 3.05) is 19.6 Å². The van der Waals surface area contributed by atoms with Crippen LogP contribution in [0.3, 0.4) is 0 Å². The topological polar surface area (TPSA) is 53.2 Å². The first kappa shape index (κ1) is 24.5. The third-order valence-electron chi connectivity index (χ3n) is 9.01. The first-order valence-electron chi connectivity index (χ1n) is 13.8. The zero-order valence-electron chi connectivity index (χ0n) is 22.4. The molecule has 6 heteroatoms. The Labute approximate surface area is 210 Å². The van der Waals surface area contributed by atoms with Crippen LogP contribution in [0.1, 0.15) is 65.7 Å². The average molecular weight is 479 g/mol. The monoisotopic (exact) mass is 478 g/mol. The third-order valence-corrected chi connectivity index (χ3v) is 9.01. The third kappa shape index (κ3) is 4.33. The molecule has 2 fully saturated rings. The van der Waals surface area contributed by atoms with Gasteiger partial charge in [-0.3, -0.25) is 9.69 Å². The van der Waals surface area contributed by atoms with Crippen molar-refractivity contribution in [3.63, 3.8) is 0 Å². The first-order chi connectivity index (χ1) is 16.8. The molecule has 35 heavy (non-hydrogen) atoms. The number of aryl methyl sites for hydroxylation is 1. The van der Waals surface area contributed by atoms with E-state index in [9.17, 15) is 4.79 Å². The Balaban J connectivity index is 1.69. The molecule has 5 rings (SSSR count). The normalized spacial score (nSPS) is 33.9. The van der Waals surface area contributed by atoms with Gasteiger partial charge in [-0.2, -0.15) is 0 Å². The molecular formula is C29H44N5O+. The molecule has 1 amide bonds. The second-order valence-corrected chi connectivity index (χ2v) is 11.6. The summed E-state index contributed by atoms with van der Waals surface area (Å²) >= 11 is 0. The molecule has 190 valence electrons. The van der Waals surface area contributed by atoms with Gasteiger partial charge < -0.3 is 10.6 Å². The summed E-state index contributed by atoms with van der Waals surface area (Å²) in [6.45, 7) is 14.3. The quantitative estimate of drug-likeness (QED) is 0.662. The molecule has 1 saturated heterocycles. The number of piperazine rings is 1. The minimum atomic E-state index is 0.0508. The van der Waals surface area contributed by atoms with Gasteiger partial charge in [-0.15, -0.1) is 0 Å². The highest BCUT2D eigenvalue weighted by molar-refractivity contribution is 6.18. The van der Waals surface area contributed by atoms with Gasteiger partial charge in [0.25, 0.3) is 11.7 Å². The highest BCUT2D eigenvalue weighted by Gasteiger charge is 2.47. The fourth-order valence-electron chi connectivity index (χ4n) is 7.18. The van der Waals surface area contributed by atoms with Crippen molar-refractivity contribution < 1.29 is 9.36 Å². The number of rotatable bonds is 3. The SMILES string of the molecule is CCNC(=O)C1=CC2C(N3CC(C)NC(C)C3)CC(C)C(C)CCC2n2c1[n+](C)c1ccccc12. The van der Waals surface area contributed by atoms with E-state index in [1.54, 1.807) is 0 Å². The predicted octanol–water partition coefficient (Wildman–Crippen LogP) is 3.66. The summed E-state index contributed by atoms with van der Waals surface area (Å²) in [5.74, 6) is 2.78. The molecule has 3 heterocycles. The molecule has 6 nitrogen and oxygen atoms in total. The van der Waals surface area contributed by atoms with E-state index < -0.39 is 0 Å². The maximum absolute atomic E-state index is 13.5. The van der Waals surface area contributed by atoms with Crippen LogP contribution in [0.15, 0.2) is 30.3 Å². The van der Waals surface area contributed by atoms with Gasteiger partial charge in [-0.05, 0) is 64.0 Å². The van der Waals surface area contributed by atoms with Gasteiger partial charge in [-0.1, -0.05) is 32.1 Å². The first-order valence-corrected chi connectivity index (χ1v) is 13.8. The number of carbonyl (C=O) groups is 1. The summed E-state index contributed by atoms with van der Waals surface area (Å²) in [6.07, 6.45) is 5.92. The summed E-state index contributed by atoms with van der Waals surface area (Å²) in [5.41, 5.74) is 3.29. The lowest BCUT2D eigenvalue weighted by Crippen LogP contribution is -2.59. The van der Waals surface area contributed by atoms with Crippen molar-refractivity contribution in [3.05, 3.63) is 36.2 Å². The highest BCUT2D eigenvalue weighted by atomic mass is 16.1. The second kappa shape index (κ2) is 9.70. The minimum Gasteiger partial charge on any atom is -0.352 e. The van der Waals surface area contributed by atoms with Crippen LogP contribution in [-0.4, -0.2) is 53.1 Å². The van der Waals surface area contributed by atoms with Gasteiger partial charge in [0, 0.05) is 43.7 Å². The van der Waals surface area contributed by atoms with Crippen LogP contribution in [0.5, 0.6) is 0 Å².